The summed E-state index contributed by atoms with van der Waals surface area (Å²) in [5, 5.41) is 33.5. The van der Waals surface area contributed by atoms with Gasteiger partial charge in [0.05, 0.1) is 23.0 Å². The number of non-ortho nitro benzene ring substituents is 1. The molecule has 0 aliphatic carbocycles. The second-order valence-electron chi connectivity index (χ2n) is 11.8. The number of fused-ring (bicyclic) bond motifs is 1. The molecule has 5 atom stereocenters. The van der Waals surface area contributed by atoms with Crippen LogP contribution >= 0.6 is 11.8 Å². The molecule has 3 saturated heterocycles. The van der Waals surface area contributed by atoms with Crippen molar-refractivity contribution in [1.29, 1.82) is 0 Å². The molecule has 3 N–H and O–H groups in total. The minimum absolute atomic E-state index is 0.0128. The lowest BCUT2D eigenvalue weighted by atomic mass is 9.79. The van der Waals surface area contributed by atoms with E-state index in [1.807, 2.05) is 11.8 Å². The van der Waals surface area contributed by atoms with Gasteiger partial charge in [-0.3, -0.25) is 19.7 Å². The highest BCUT2D eigenvalue weighted by Gasteiger charge is 2.60. The van der Waals surface area contributed by atoms with Crippen molar-refractivity contribution < 1.29 is 43.5 Å². The first kappa shape index (κ1) is 31.3. The Bertz CT molecular complexity index is 1600. The largest absolute Gasteiger partial charge is 0.477 e. The number of aliphatic hydroxyl groups is 1. The van der Waals surface area contributed by atoms with E-state index in [9.17, 15) is 39.5 Å². The van der Waals surface area contributed by atoms with Gasteiger partial charge in [-0.25, -0.2) is 9.59 Å². The van der Waals surface area contributed by atoms with Crippen molar-refractivity contribution in [2.45, 2.75) is 50.3 Å². The molecule has 1 aromatic carbocycles. The lowest BCUT2D eigenvalue weighted by Gasteiger charge is -2.46. The Morgan fingerprint density at radius 3 is 2.61 bits per heavy atom. The van der Waals surface area contributed by atoms with Crippen molar-refractivity contribution >= 4 is 47.3 Å². The molecule has 3 fully saturated rings. The first-order chi connectivity index (χ1) is 21.9. The van der Waals surface area contributed by atoms with Gasteiger partial charge >= 0.3 is 12.1 Å². The number of nitro groups is 1. The summed E-state index contributed by atoms with van der Waals surface area (Å²) in [4.78, 5) is 69.8. The van der Waals surface area contributed by atoms with E-state index in [0.717, 1.165) is 0 Å². The second kappa shape index (κ2) is 12.3. The van der Waals surface area contributed by atoms with Gasteiger partial charge in [0.15, 0.2) is 5.69 Å². The number of carboxylic acids is 1. The number of β-lactam (4-membered cyclic amide) rings is 1. The molecule has 2 aromatic rings. The van der Waals surface area contributed by atoms with Crippen molar-refractivity contribution in [3.05, 3.63) is 62.5 Å². The topological polar surface area (TPSA) is 209 Å². The number of ether oxygens (including phenoxy) is 1. The van der Waals surface area contributed by atoms with E-state index in [-0.39, 0.29) is 65.4 Å². The first-order valence-electron chi connectivity index (χ1n) is 14.7. The van der Waals surface area contributed by atoms with E-state index >= 15 is 0 Å². The van der Waals surface area contributed by atoms with E-state index in [4.69, 9.17) is 9.15 Å². The molecule has 1 aromatic heterocycles. The molecule has 0 spiro atoms. The number of carbonyl (C=O) groups excluding carboxylic acids is 3. The van der Waals surface area contributed by atoms with E-state index < -0.39 is 34.9 Å². The number of nitro benzene ring substituents is 1. The average molecular weight is 657 g/mol. The molecular weight excluding hydrogens is 624 g/mol. The van der Waals surface area contributed by atoms with Crippen LogP contribution in [0.2, 0.25) is 0 Å². The van der Waals surface area contributed by atoms with E-state index in [1.165, 1.54) is 52.1 Å². The van der Waals surface area contributed by atoms with Gasteiger partial charge in [-0.1, -0.05) is 6.92 Å². The summed E-state index contributed by atoms with van der Waals surface area (Å²) < 4.78 is 10.9. The van der Waals surface area contributed by atoms with Gasteiger partial charge in [0.1, 0.15) is 18.6 Å². The fourth-order valence-corrected chi connectivity index (χ4v) is 7.81. The number of thioether (sulfide) groups is 1. The summed E-state index contributed by atoms with van der Waals surface area (Å²) in [7, 11) is 0. The van der Waals surface area contributed by atoms with Gasteiger partial charge in [-0.2, -0.15) is 4.98 Å². The number of aliphatic carboxylic acids is 1. The Morgan fingerprint density at radius 1 is 1.24 bits per heavy atom. The van der Waals surface area contributed by atoms with Gasteiger partial charge in [0.25, 0.3) is 17.6 Å². The molecule has 6 rings (SSSR count). The number of anilines is 1. The molecule has 244 valence electrons. The van der Waals surface area contributed by atoms with Crippen molar-refractivity contribution in [3.63, 3.8) is 0 Å². The zero-order chi connectivity index (χ0) is 32.9. The van der Waals surface area contributed by atoms with Crippen LogP contribution in [0.25, 0.3) is 0 Å². The fourth-order valence-electron chi connectivity index (χ4n) is 6.29. The monoisotopic (exact) mass is 656 g/mol. The molecule has 4 aliphatic rings. The number of nitrogens with zero attached hydrogens (tertiary/aromatic N) is 5. The summed E-state index contributed by atoms with van der Waals surface area (Å²) in [5.41, 5.74) is 0.624. The Hall–Kier alpha value is -4.64. The summed E-state index contributed by atoms with van der Waals surface area (Å²) in [5.74, 6) is -2.83. The Balaban J connectivity index is 0.966. The van der Waals surface area contributed by atoms with Crippen molar-refractivity contribution in [2.75, 3.05) is 31.1 Å². The number of aliphatic hydroxyl groups excluding tert-OH is 1. The number of oxazole rings is 1. The van der Waals surface area contributed by atoms with Gasteiger partial charge < -0.3 is 39.4 Å². The molecule has 3 amide bonds. The average Bonchev–Trinajstić information content (AvgIpc) is 3.71. The summed E-state index contributed by atoms with van der Waals surface area (Å²) in [6, 6.07) is 5.28. The third-order valence-corrected chi connectivity index (χ3v) is 10.2. The van der Waals surface area contributed by atoms with Crippen LogP contribution in [0, 0.1) is 22.0 Å². The number of aromatic nitrogens is 1. The Kier molecular flexibility index (Phi) is 8.37. The zero-order valence-electron chi connectivity index (χ0n) is 24.9. The van der Waals surface area contributed by atoms with Crippen LogP contribution in [-0.2, 0) is 20.9 Å². The maximum atomic E-state index is 12.9. The smallest absolute Gasteiger partial charge is 0.410 e. The van der Waals surface area contributed by atoms with Crippen LogP contribution in [0.4, 0.5) is 16.5 Å². The Morgan fingerprint density at radius 2 is 1.96 bits per heavy atom. The third-order valence-electron chi connectivity index (χ3n) is 8.74. The van der Waals surface area contributed by atoms with Crippen LogP contribution in [-0.4, -0.2) is 103 Å². The molecule has 5 heterocycles. The van der Waals surface area contributed by atoms with E-state index in [1.54, 1.807) is 6.92 Å². The normalized spacial score (nSPS) is 24.8. The number of nitrogens with one attached hydrogen (secondary N) is 1. The number of hydrogen-bond acceptors (Lipinski definition) is 12. The quantitative estimate of drug-likeness (QED) is 0.190. The first-order valence-corrected chi connectivity index (χ1v) is 15.6. The predicted octanol–water partition coefficient (Wildman–Crippen LogP) is 1.80. The van der Waals surface area contributed by atoms with Crippen molar-refractivity contribution in [2.24, 2.45) is 11.8 Å². The van der Waals surface area contributed by atoms with E-state index in [0.29, 0.717) is 36.5 Å². The molecular formula is C29H32N6O10S. The minimum atomic E-state index is -1.17. The number of carboxylic acid groups (broad SMARTS) is 1. The number of carbonyl (C=O) groups is 4. The van der Waals surface area contributed by atoms with Crippen molar-refractivity contribution in [1.82, 2.24) is 20.1 Å². The highest BCUT2D eigenvalue weighted by molar-refractivity contribution is 8.03. The zero-order valence-corrected chi connectivity index (χ0v) is 25.7. The van der Waals surface area contributed by atoms with Gasteiger partial charge in [0.2, 0.25) is 5.91 Å². The minimum Gasteiger partial charge on any atom is -0.477 e. The van der Waals surface area contributed by atoms with Crippen molar-refractivity contribution in [3.8, 4) is 0 Å². The lowest BCUT2D eigenvalue weighted by Crippen LogP contribution is -2.63. The maximum absolute atomic E-state index is 12.9. The van der Waals surface area contributed by atoms with Crippen LogP contribution in [0.5, 0.6) is 0 Å². The maximum Gasteiger partial charge on any atom is 0.410 e. The van der Waals surface area contributed by atoms with Crippen LogP contribution in [0.1, 0.15) is 36.3 Å². The second-order valence-corrected chi connectivity index (χ2v) is 13.2. The van der Waals surface area contributed by atoms with Gasteiger partial charge in [-0.15, -0.1) is 11.8 Å². The van der Waals surface area contributed by atoms with Gasteiger partial charge in [0, 0.05) is 60.4 Å². The van der Waals surface area contributed by atoms with Gasteiger partial charge in [-0.05, 0) is 31.0 Å². The van der Waals surface area contributed by atoms with Crippen LogP contribution in [0.3, 0.4) is 0 Å². The van der Waals surface area contributed by atoms with Crippen LogP contribution < -0.4 is 10.2 Å². The molecule has 17 heteroatoms. The predicted molar refractivity (Wildman–Crippen MR) is 160 cm³/mol. The fraction of sp³-hybridized carbons (Fsp3) is 0.483. The summed E-state index contributed by atoms with van der Waals surface area (Å²) in [6.45, 7) is 4.99. The molecule has 4 aliphatic heterocycles. The standard InChI is InChI=1S/C29H32N6O10S/c1-14-22-21(15(2)36)26(38)34(22)23(27(39)40)24(14)46-19-10-33(11-19)28-31-20(13-44-28)25(37)30-17-7-8-32(9-17)29(41)45-12-16-3-5-18(6-4-16)35(42)43/h3-6,13-15,17,19,21-22,36H,7-12H2,1-2H3,(H,30,37)(H,39,40)/t14-,15-,17-,21-,22-/m1/s1. The Labute approximate surface area is 266 Å². The molecule has 0 unspecified atom stereocenters. The van der Waals surface area contributed by atoms with E-state index in [2.05, 4.69) is 10.3 Å². The molecule has 0 radical (unpaired) electrons. The molecule has 0 saturated carbocycles. The molecule has 0 bridgehead atoms. The highest BCUT2D eigenvalue weighted by atomic mass is 32.2. The SMILES string of the molecule is C[C@@H](O)[C@H]1C(=O)N2C(C(=O)O)=C(SC3CN(c4nc(C(=O)N[C@@H]5CCN(C(=O)OCc6ccc([N+](=O)[O-])cc6)C5)co4)C3)[C@H](C)[C@H]12. The molecule has 46 heavy (non-hydrogen) atoms. The number of rotatable bonds is 10. The number of likely N-dealkylation sites (tertiary alicyclic amines) is 1. The third kappa shape index (κ3) is 5.75. The number of benzene rings is 1. The summed E-state index contributed by atoms with van der Waals surface area (Å²) in [6.07, 6.45) is 0.355. The summed E-state index contributed by atoms with van der Waals surface area (Å²) >= 11 is 1.41. The number of amides is 3. The highest BCUT2D eigenvalue weighted by Crippen LogP contribution is 2.52. The molecule has 16 nitrogen and oxygen atoms in total. The lowest BCUT2D eigenvalue weighted by molar-refractivity contribution is -0.384. The van der Waals surface area contributed by atoms with Crippen LogP contribution in [0.15, 0.2) is 45.5 Å². The number of hydrogen-bond donors (Lipinski definition) is 3.